The Hall–Kier alpha value is -2.85. The molecule has 0 saturated heterocycles. The summed E-state index contributed by atoms with van der Waals surface area (Å²) >= 11 is 0. The summed E-state index contributed by atoms with van der Waals surface area (Å²) in [7, 11) is 0. The van der Waals surface area contributed by atoms with E-state index in [0.717, 1.165) is 17.7 Å². The van der Waals surface area contributed by atoms with Crippen LogP contribution >= 0.6 is 0 Å². The van der Waals surface area contributed by atoms with Gasteiger partial charge in [0.25, 0.3) is 23.6 Å². The lowest BCUT2D eigenvalue weighted by Gasteiger charge is -2.13. The van der Waals surface area contributed by atoms with Crippen molar-refractivity contribution in [3.05, 3.63) is 24.3 Å². The summed E-state index contributed by atoms with van der Waals surface area (Å²) in [6.45, 7) is 7.18. The van der Waals surface area contributed by atoms with Crippen molar-refractivity contribution >= 4 is 29.5 Å². The van der Waals surface area contributed by atoms with Crippen LogP contribution in [0.1, 0.15) is 40.5 Å². The van der Waals surface area contributed by atoms with Crippen LogP contribution in [0.5, 0.6) is 0 Å². The van der Waals surface area contributed by atoms with E-state index in [2.05, 4.69) is 5.32 Å². The number of amides is 5. The van der Waals surface area contributed by atoms with Crippen molar-refractivity contribution in [2.45, 2.75) is 40.5 Å². The Labute approximate surface area is 189 Å². The fourth-order valence-corrected chi connectivity index (χ4v) is 2.52. The molecule has 0 saturated carbocycles. The number of carbonyl (C=O) groups is 5. The van der Waals surface area contributed by atoms with Gasteiger partial charge in [-0.25, -0.2) is 0 Å². The van der Waals surface area contributed by atoms with E-state index in [4.69, 9.17) is 9.47 Å². The molecule has 2 aliphatic rings. The van der Waals surface area contributed by atoms with E-state index in [1.807, 2.05) is 13.8 Å². The van der Waals surface area contributed by atoms with Gasteiger partial charge in [0.15, 0.2) is 0 Å². The van der Waals surface area contributed by atoms with Crippen molar-refractivity contribution in [3.63, 3.8) is 0 Å². The number of hydrogen-bond donors (Lipinski definition) is 1. The molecule has 1 N–H and O–H groups in total. The molecule has 2 heterocycles. The van der Waals surface area contributed by atoms with Gasteiger partial charge in [0.2, 0.25) is 5.91 Å². The first-order chi connectivity index (χ1) is 14.9. The molecule has 0 bridgehead atoms. The summed E-state index contributed by atoms with van der Waals surface area (Å²) in [4.78, 5) is 58.0. The lowest BCUT2D eigenvalue weighted by molar-refractivity contribution is -0.139. The van der Waals surface area contributed by atoms with Crippen LogP contribution < -0.4 is 5.32 Å². The van der Waals surface area contributed by atoms with Crippen LogP contribution in [0.4, 0.5) is 0 Å². The number of carbonyl (C=O) groups excluding carboxylic acids is 5. The van der Waals surface area contributed by atoms with Crippen molar-refractivity contribution in [2.24, 2.45) is 0 Å². The van der Waals surface area contributed by atoms with Crippen LogP contribution in [0.15, 0.2) is 24.3 Å². The van der Waals surface area contributed by atoms with Gasteiger partial charge in [0, 0.05) is 57.0 Å². The molecule has 0 atom stereocenters. The van der Waals surface area contributed by atoms with Crippen molar-refractivity contribution in [1.82, 2.24) is 15.1 Å². The number of ether oxygens (including phenoxy) is 2. The fraction of sp³-hybridized carbons (Fsp3) is 0.591. The third-order valence-corrected chi connectivity index (χ3v) is 4.09. The Bertz CT molecular complexity index is 668. The van der Waals surface area contributed by atoms with Gasteiger partial charge in [-0.05, 0) is 12.8 Å². The highest BCUT2D eigenvalue weighted by Gasteiger charge is 2.23. The molecular weight excluding hydrogens is 418 g/mol. The van der Waals surface area contributed by atoms with Crippen molar-refractivity contribution in [3.8, 4) is 0 Å². The molecule has 2 rings (SSSR count). The smallest absolute Gasteiger partial charge is 0.253 e. The molecule has 0 radical (unpaired) electrons. The monoisotopic (exact) mass is 453 g/mol. The van der Waals surface area contributed by atoms with E-state index in [-0.39, 0.29) is 49.9 Å². The Morgan fingerprint density at radius 1 is 0.750 bits per heavy atom. The fourth-order valence-electron chi connectivity index (χ4n) is 2.52. The molecule has 10 nitrogen and oxygen atoms in total. The van der Waals surface area contributed by atoms with Gasteiger partial charge in [-0.15, -0.1) is 0 Å². The Balaban J connectivity index is 0.000000611. The van der Waals surface area contributed by atoms with Gasteiger partial charge in [-0.2, -0.15) is 0 Å². The quantitative estimate of drug-likeness (QED) is 0.324. The number of nitrogens with zero attached hydrogens (tertiary/aromatic N) is 2. The van der Waals surface area contributed by atoms with Crippen LogP contribution in [-0.4, -0.2) is 85.4 Å². The topological polar surface area (TPSA) is 122 Å². The van der Waals surface area contributed by atoms with Crippen LogP contribution in [0, 0.1) is 0 Å². The van der Waals surface area contributed by atoms with E-state index >= 15 is 0 Å². The number of rotatable bonds is 13. The van der Waals surface area contributed by atoms with Crippen LogP contribution in [0.25, 0.3) is 0 Å². The molecule has 10 heteroatoms. The predicted octanol–water partition coefficient (Wildman–Crippen LogP) is 0.818. The summed E-state index contributed by atoms with van der Waals surface area (Å²) < 4.78 is 10.4. The zero-order valence-electron chi connectivity index (χ0n) is 18.1. The highest BCUT2D eigenvalue weighted by Crippen LogP contribution is 2.04. The molecule has 0 aromatic heterocycles. The van der Waals surface area contributed by atoms with E-state index in [0.29, 0.717) is 39.5 Å². The maximum absolute atomic E-state index is 11.4. The minimum atomic E-state index is -0.362. The first-order valence-corrected chi connectivity index (χ1v) is 10.4. The molecule has 2 aliphatic heterocycles. The van der Waals surface area contributed by atoms with E-state index in [9.17, 15) is 24.0 Å². The average Bonchev–Trinajstić information content (AvgIpc) is 3.24. The molecule has 180 valence electrons. The summed E-state index contributed by atoms with van der Waals surface area (Å²) in [5.74, 6) is -1.41. The molecule has 0 fully saturated rings. The van der Waals surface area contributed by atoms with Gasteiger partial charge < -0.3 is 14.8 Å². The number of nitrogens with one attached hydrogen (secondary N) is 1. The number of hydrogen-bond acceptors (Lipinski definition) is 7. The Morgan fingerprint density at radius 3 is 1.66 bits per heavy atom. The lowest BCUT2D eigenvalue weighted by atomic mass is 10.3. The van der Waals surface area contributed by atoms with Gasteiger partial charge in [-0.1, -0.05) is 21.3 Å². The molecule has 32 heavy (non-hydrogen) atoms. The summed E-state index contributed by atoms with van der Waals surface area (Å²) in [5, 5.41) is 2.66. The SMILES string of the molecule is C.CCCOCCN1C(=O)C=CC1=O.CCCOCCNC(=O)CCN1C(=O)C=CC1=O. The van der Waals surface area contributed by atoms with Gasteiger partial charge in [0.1, 0.15) is 0 Å². The molecular formula is C22H35N3O7. The van der Waals surface area contributed by atoms with Gasteiger partial charge >= 0.3 is 0 Å². The maximum Gasteiger partial charge on any atom is 0.253 e. The molecule has 0 aromatic carbocycles. The Morgan fingerprint density at radius 2 is 1.19 bits per heavy atom. The third kappa shape index (κ3) is 11.0. The largest absolute Gasteiger partial charge is 0.380 e. The second-order valence-electron chi connectivity index (χ2n) is 6.65. The molecule has 5 amide bonds. The summed E-state index contributed by atoms with van der Waals surface area (Å²) in [6, 6.07) is 0. The summed E-state index contributed by atoms with van der Waals surface area (Å²) in [6.07, 6.45) is 6.98. The second kappa shape index (κ2) is 16.8. The molecule has 0 aromatic rings. The summed E-state index contributed by atoms with van der Waals surface area (Å²) in [5.41, 5.74) is 0. The van der Waals surface area contributed by atoms with Crippen molar-refractivity contribution < 1.29 is 33.4 Å². The first-order valence-electron chi connectivity index (χ1n) is 10.4. The normalized spacial score (nSPS) is 14.6. The third-order valence-electron chi connectivity index (χ3n) is 4.09. The second-order valence-corrected chi connectivity index (χ2v) is 6.65. The zero-order chi connectivity index (χ0) is 23.1. The average molecular weight is 454 g/mol. The zero-order valence-corrected chi connectivity index (χ0v) is 18.1. The highest BCUT2D eigenvalue weighted by molar-refractivity contribution is 6.13. The lowest BCUT2D eigenvalue weighted by Crippen LogP contribution is -2.35. The van der Waals surface area contributed by atoms with E-state index in [1.54, 1.807) is 0 Å². The van der Waals surface area contributed by atoms with Crippen LogP contribution in [0.3, 0.4) is 0 Å². The minimum absolute atomic E-state index is 0. The first kappa shape index (κ1) is 29.1. The standard InChI is InChI=1S/C12H18N2O4.C9H13NO3.CH4/c1-2-8-18-9-6-13-10(15)5-7-14-11(16)3-4-12(14)17;1-2-6-13-7-5-10-8(11)3-4-9(10)12;/h3-4H,2,5-9H2,1H3,(H,13,15);3-4H,2,5-7H2,1H3;1H4. The number of imide groups is 2. The van der Waals surface area contributed by atoms with E-state index in [1.165, 1.54) is 29.2 Å². The van der Waals surface area contributed by atoms with Crippen molar-refractivity contribution in [1.29, 1.82) is 0 Å². The van der Waals surface area contributed by atoms with Gasteiger partial charge in [-0.3, -0.25) is 33.8 Å². The Kier molecular flexibility index (Phi) is 15.3. The molecule has 0 unspecified atom stereocenters. The van der Waals surface area contributed by atoms with Gasteiger partial charge in [0.05, 0.1) is 19.8 Å². The highest BCUT2D eigenvalue weighted by atomic mass is 16.5. The predicted molar refractivity (Wildman–Crippen MR) is 118 cm³/mol. The van der Waals surface area contributed by atoms with Crippen LogP contribution in [-0.2, 0) is 33.4 Å². The van der Waals surface area contributed by atoms with E-state index < -0.39 is 0 Å². The molecule has 0 aliphatic carbocycles. The minimum Gasteiger partial charge on any atom is -0.380 e. The maximum atomic E-state index is 11.4. The van der Waals surface area contributed by atoms with Crippen LogP contribution in [0.2, 0.25) is 0 Å². The van der Waals surface area contributed by atoms with Crippen molar-refractivity contribution in [2.75, 3.05) is 46.1 Å². The molecule has 0 spiro atoms.